The van der Waals surface area contributed by atoms with Crippen molar-refractivity contribution in [1.29, 1.82) is 0 Å². The molecule has 1 aromatic carbocycles. The van der Waals surface area contributed by atoms with Gasteiger partial charge in [-0.3, -0.25) is 0 Å². The summed E-state index contributed by atoms with van der Waals surface area (Å²) >= 11 is 5.74. The van der Waals surface area contributed by atoms with Crippen LogP contribution in [0.3, 0.4) is 0 Å². The van der Waals surface area contributed by atoms with E-state index in [1.54, 1.807) is 6.07 Å². The number of morpholine rings is 1. The van der Waals surface area contributed by atoms with Crippen LogP contribution in [-0.4, -0.2) is 35.9 Å². The Bertz CT molecular complexity index is 599. The van der Waals surface area contributed by atoms with Gasteiger partial charge < -0.3 is 14.6 Å². The second kappa shape index (κ2) is 5.87. The van der Waals surface area contributed by atoms with Gasteiger partial charge in [0.1, 0.15) is 5.82 Å². The first-order chi connectivity index (χ1) is 9.72. The van der Waals surface area contributed by atoms with Gasteiger partial charge in [-0.25, -0.2) is 4.39 Å². The van der Waals surface area contributed by atoms with E-state index >= 15 is 0 Å². The largest absolute Gasteiger partial charge is 0.375 e. The van der Waals surface area contributed by atoms with Gasteiger partial charge in [-0.2, -0.15) is 4.98 Å². The highest BCUT2D eigenvalue weighted by molar-refractivity contribution is 6.31. The van der Waals surface area contributed by atoms with Gasteiger partial charge in [-0.05, 0) is 18.2 Å². The van der Waals surface area contributed by atoms with Crippen molar-refractivity contribution < 1.29 is 13.7 Å². The lowest BCUT2D eigenvalue weighted by molar-refractivity contribution is 0.0246. The van der Waals surface area contributed by atoms with Crippen LogP contribution in [0.15, 0.2) is 22.7 Å². The molecule has 1 unspecified atom stereocenters. The Hall–Kier alpha value is -1.50. The zero-order valence-electron chi connectivity index (χ0n) is 10.6. The van der Waals surface area contributed by atoms with E-state index in [4.69, 9.17) is 20.9 Å². The first-order valence-electron chi connectivity index (χ1n) is 6.33. The van der Waals surface area contributed by atoms with Crippen LogP contribution in [-0.2, 0) is 11.2 Å². The number of aromatic nitrogens is 2. The van der Waals surface area contributed by atoms with E-state index in [9.17, 15) is 4.39 Å². The summed E-state index contributed by atoms with van der Waals surface area (Å²) in [7, 11) is 0. The van der Waals surface area contributed by atoms with Crippen molar-refractivity contribution in [2.75, 3.05) is 19.7 Å². The number of ether oxygens (including phenoxy) is 1. The number of hydrogen-bond donors (Lipinski definition) is 1. The maximum absolute atomic E-state index is 13.1. The SMILES string of the molecule is Fc1ccc(-c2noc(CC3CNCCO3)n2)cc1Cl. The summed E-state index contributed by atoms with van der Waals surface area (Å²) in [6.45, 7) is 2.30. The van der Waals surface area contributed by atoms with Crippen LogP contribution >= 0.6 is 11.6 Å². The maximum atomic E-state index is 13.1. The van der Waals surface area contributed by atoms with Gasteiger partial charge in [0.15, 0.2) is 0 Å². The quantitative estimate of drug-likeness (QED) is 0.939. The number of rotatable bonds is 3. The van der Waals surface area contributed by atoms with Gasteiger partial charge in [-0.15, -0.1) is 0 Å². The topological polar surface area (TPSA) is 60.2 Å². The van der Waals surface area contributed by atoms with Crippen molar-refractivity contribution in [2.45, 2.75) is 12.5 Å². The molecule has 1 aliphatic heterocycles. The molecule has 1 fully saturated rings. The standard InChI is InChI=1S/C13H13ClFN3O2/c14-10-5-8(1-2-11(10)15)13-17-12(20-18-13)6-9-7-16-3-4-19-9/h1-2,5,9,16H,3-4,6-7H2. The fourth-order valence-electron chi connectivity index (χ4n) is 2.04. The van der Waals surface area contributed by atoms with E-state index in [1.165, 1.54) is 12.1 Å². The van der Waals surface area contributed by atoms with Gasteiger partial charge >= 0.3 is 0 Å². The predicted molar refractivity (Wildman–Crippen MR) is 71.0 cm³/mol. The molecule has 2 heterocycles. The average Bonchev–Trinajstić information content (AvgIpc) is 2.91. The van der Waals surface area contributed by atoms with Crippen LogP contribution in [0.25, 0.3) is 11.4 Å². The summed E-state index contributed by atoms with van der Waals surface area (Å²) in [6, 6.07) is 4.32. The molecule has 0 aliphatic carbocycles. The Kier molecular flexibility index (Phi) is 3.95. The second-order valence-corrected chi connectivity index (χ2v) is 4.95. The van der Waals surface area contributed by atoms with Crippen LogP contribution in [0.1, 0.15) is 5.89 Å². The Morgan fingerprint density at radius 2 is 2.35 bits per heavy atom. The number of halogens is 2. The predicted octanol–water partition coefficient (Wildman–Crippen LogP) is 2.06. The number of hydrogen-bond acceptors (Lipinski definition) is 5. The van der Waals surface area contributed by atoms with Gasteiger partial charge in [-0.1, -0.05) is 16.8 Å². The summed E-state index contributed by atoms with van der Waals surface area (Å²) in [4.78, 5) is 4.28. The van der Waals surface area contributed by atoms with Crippen LogP contribution in [0.5, 0.6) is 0 Å². The van der Waals surface area contributed by atoms with Crippen molar-refractivity contribution >= 4 is 11.6 Å². The van der Waals surface area contributed by atoms with Crippen molar-refractivity contribution in [3.05, 3.63) is 34.9 Å². The summed E-state index contributed by atoms with van der Waals surface area (Å²) in [5.41, 5.74) is 0.620. The van der Waals surface area contributed by atoms with E-state index in [0.29, 0.717) is 30.3 Å². The molecule has 5 nitrogen and oxygen atoms in total. The molecule has 20 heavy (non-hydrogen) atoms. The fraction of sp³-hybridized carbons (Fsp3) is 0.385. The first-order valence-corrected chi connectivity index (χ1v) is 6.70. The normalized spacial score (nSPS) is 19.2. The van der Waals surface area contributed by atoms with Crippen molar-refractivity contribution in [2.24, 2.45) is 0 Å². The molecule has 0 saturated carbocycles. The average molecular weight is 298 g/mol. The molecular formula is C13H13ClFN3O2. The van der Waals surface area contributed by atoms with Crippen LogP contribution in [0.4, 0.5) is 4.39 Å². The minimum Gasteiger partial charge on any atom is -0.375 e. The minimum absolute atomic E-state index is 0.0358. The molecule has 0 radical (unpaired) electrons. The fourth-order valence-corrected chi connectivity index (χ4v) is 2.22. The summed E-state index contributed by atoms with van der Waals surface area (Å²) in [5.74, 6) is 0.417. The number of benzene rings is 1. The molecular weight excluding hydrogens is 285 g/mol. The van der Waals surface area contributed by atoms with E-state index < -0.39 is 5.82 Å². The number of nitrogens with zero attached hydrogens (tertiary/aromatic N) is 2. The summed E-state index contributed by atoms with van der Waals surface area (Å²) in [6.07, 6.45) is 0.587. The van der Waals surface area contributed by atoms with Crippen molar-refractivity contribution in [3.63, 3.8) is 0 Å². The Morgan fingerprint density at radius 1 is 1.45 bits per heavy atom. The van der Waals surface area contributed by atoms with Gasteiger partial charge in [0.25, 0.3) is 0 Å². The monoisotopic (exact) mass is 297 g/mol. The van der Waals surface area contributed by atoms with Gasteiger partial charge in [0, 0.05) is 18.7 Å². The zero-order chi connectivity index (χ0) is 13.9. The molecule has 1 N–H and O–H groups in total. The van der Waals surface area contributed by atoms with E-state index in [-0.39, 0.29) is 11.1 Å². The van der Waals surface area contributed by atoms with Crippen molar-refractivity contribution in [3.8, 4) is 11.4 Å². The molecule has 1 aliphatic rings. The molecule has 1 saturated heterocycles. The molecule has 106 valence electrons. The zero-order valence-corrected chi connectivity index (χ0v) is 11.4. The molecule has 0 bridgehead atoms. The Morgan fingerprint density at radius 3 is 3.10 bits per heavy atom. The molecule has 0 amide bonds. The van der Waals surface area contributed by atoms with E-state index in [1.807, 2.05) is 0 Å². The highest BCUT2D eigenvalue weighted by Crippen LogP contribution is 2.23. The Labute approximate surface area is 120 Å². The maximum Gasteiger partial charge on any atom is 0.229 e. The highest BCUT2D eigenvalue weighted by Gasteiger charge is 2.18. The lowest BCUT2D eigenvalue weighted by Gasteiger charge is -2.21. The number of nitrogens with one attached hydrogen (secondary N) is 1. The third-order valence-electron chi connectivity index (χ3n) is 3.05. The van der Waals surface area contributed by atoms with Crippen LogP contribution in [0.2, 0.25) is 5.02 Å². The molecule has 7 heteroatoms. The van der Waals surface area contributed by atoms with E-state index in [2.05, 4.69) is 15.5 Å². The minimum atomic E-state index is -0.471. The second-order valence-electron chi connectivity index (χ2n) is 4.54. The smallest absolute Gasteiger partial charge is 0.229 e. The molecule has 1 atom stereocenters. The molecule has 3 rings (SSSR count). The summed E-state index contributed by atoms with van der Waals surface area (Å²) in [5, 5.41) is 7.15. The lowest BCUT2D eigenvalue weighted by atomic mass is 10.2. The third kappa shape index (κ3) is 2.98. The van der Waals surface area contributed by atoms with E-state index in [0.717, 1.165) is 13.1 Å². The summed E-state index contributed by atoms with van der Waals surface area (Å²) < 4.78 is 23.9. The molecule has 2 aromatic rings. The highest BCUT2D eigenvalue weighted by atomic mass is 35.5. The molecule has 0 spiro atoms. The van der Waals surface area contributed by atoms with Gasteiger partial charge in [0.05, 0.1) is 24.2 Å². The Balaban J connectivity index is 1.73. The van der Waals surface area contributed by atoms with Gasteiger partial charge in [0.2, 0.25) is 11.7 Å². The molecule has 1 aromatic heterocycles. The van der Waals surface area contributed by atoms with Crippen LogP contribution < -0.4 is 5.32 Å². The van der Waals surface area contributed by atoms with Crippen LogP contribution in [0, 0.1) is 5.82 Å². The third-order valence-corrected chi connectivity index (χ3v) is 3.34. The lowest BCUT2D eigenvalue weighted by Crippen LogP contribution is -2.39. The first kappa shape index (κ1) is 13.5. The van der Waals surface area contributed by atoms with Crippen molar-refractivity contribution in [1.82, 2.24) is 15.5 Å².